The smallest absolute Gasteiger partial charge is 0.337 e. The lowest BCUT2D eigenvalue weighted by Gasteiger charge is -2.20. The first-order valence-electron chi connectivity index (χ1n) is 9.75. The van der Waals surface area contributed by atoms with E-state index in [0.717, 1.165) is 21.6 Å². The molecule has 3 aliphatic rings. The van der Waals surface area contributed by atoms with Crippen molar-refractivity contribution in [2.75, 3.05) is 4.90 Å². The molecule has 5 nitrogen and oxygen atoms in total. The molecule has 1 saturated heterocycles. The van der Waals surface area contributed by atoms with E-state index in [9.17, 15) is 19.5 Å². The monoisotopic (exact) mass is 419 g/mol. The van der Waals surface area contributed by atoms with E-state index in [0.29, 0.717) is 0 Å². The summed E-state index contributed by atoms with van der Waals surface area (Å²) >= 11 is 5.95. The first-order valence-corrected chi connectivity index (χ1v) is 10.1. The predicted molar refractivity (Wildman–Crippen MR) is 113 cm³/mol. The molecule has 0 spiro atoms. The fourth-order valence-electron chi connectivity index (χ4n) is 5.19. The van der Waals surface area contributed by atoms with Crippen LogP contribution in [0.3, 0.4) is 0 Å². The highest BCUT2D eigenvalue weighted by Crippen LogP contribution is 2.58. The number of carbonyl (C=O) groups is 3. The van der Waals surface area contributed by atoms with Gasteiger partial charge in [-0.15, -0.1) is 0 Å². The van der Waals surface area contributed by atoms with Crippen LogP contribution in [0.25, 0.3) is 5.57 Å². The maximum atomic E-state index is 13.3. The zero-order valence-electron chi connectivity index (χ0n) is 16.1. The van der Waals surface area contributed by atoms with Gasteiger partial charge in [0.2, 0.25) is 11.8 Å². The Kier molecular flexibility index (Phi) is 4.19. The summed E-state index contributed by atoms with van der Waals surface area (Å²) in [5.41, 5.74) is 3.46. The van der Waals surface area contributed by atoms with Crippen molar-refractivity contribution in [1.29, 1.82) is 0 Å². The number of benzene rings is 2. The van der Waals surface area contributed by atoms with E-state index < -0.39 is 17.8 Å². The summed E-state index contributed by atoms with van der Waals surface area (Å²) in [4.78, 5) is 39.2. The lowest BCUT2D eigenvalue weighted by atomic mass is 9.85. The van der Waals surface area contributed by atoms with E-state index in [-0.39, 0.29) is 39.9 Å². The number of hydrogen-bond acceptors (Lipinski definition) is 3. The minimum Gasteiger partial charge on any atom is -0.478 e. The van der Waals surface area contributed by atoms with E-state index in [1.807, 2.05) is 49.4 Å². The molecule has 6 heteroatoms. The van der Waals surface area contributed by atoms with Crippen molar-refractivity contribution in [2.45, 2.75) is 6.92 Å². The molecule has 30 heavy (non-hydrogen) atoms. The summed E-state index contributed by atoms with van der Waals surface area (Å²) < 4.78 is 0. The number of carboxylic acid groups (broad SMARTS) is 1. The topological polar surface area (TPSA) is 74.7 Å². The lowest BCUT2D eigenvalue weighted by molar-refractivity contribution is -0.122. The molecule has 0 radical (unpaired) electrons. The van der Waals surface area contributed by atoms with Crippen LogP contribution in [-0.2, 0) is 9.59 Å². The third-order valence-electron chi connectivity index (χ3n) is 6.49. The van der Waals surface area contributed by atoms with E-state index in [1.54, 1.807) is 0 Å². The van der Waals surface area contributed by atoms with E-state index >= 15 is 0 Å². The number of nitrogens with zero attached hydrogens (tertiary/aromatic N) is 1. The first kappa shape index (κ1) is 18.8. The standard InChI is InChI=1S/C24H18ClNO4/c1-12(13-5-3-2-4-6-13)19-15-8-9-16(19)21-20(15)22(27)26(23(21)28)14-7-10-18(25)17(11-14)24(29)30/h2-11,15-16,20-21H,1H3,(H,29,30)/t15-,16-,20+,21+/m1/s1. The van der Waals surface area contributed by atoms with Gasteiger partial charge in [0.15, 0.2) is 0 Å². The second kappa shape index (κ2) is 6.67. The molecular weight excluding hydrogens is 402 g/mol. The van der Waals surface area contributed by atoms with Crippen molar-refractivity contribution >= 4 is 40.6 Å². The van der Waals surface area contributed by atoms with Crippen LogP contribution < -0.4 is 4.90 Å². The van der Waals surface area contributed by atoms with Gasteiger partial charge in [-0.2, -0.15) is 0 Å². The molecule has 0 unspecified atom stereocenters. The SMILES string of the molecule is CC(=C1[C@H]2C=C[C@H]1[C@@H]1C(=O)N(c3ccc(Cl)c(C(=O)O)c3)C(=O)[C@H]12)c1ccccc1. The van der Waals surface area contributed by atoms with Gasteiger partial charge in [0, 0.05) is 11.8 Å². The first-order chi connectivity index (χ1) is 14.4. The number of fused-ring (bicyclic) bond motifs is 5. The van der Waals surface area contributed by atoms with Crippen molar-refractivity contribution in [3.8, 4) is 0 Å². The van der Waals surface area contributed by atoms with Crippen LogP contribution in [0.2, 0.25) is 5.02 Å². The van der Waals surface area contributed by atoms with Crippen LogP contribution in [-0.4, -0.2) is 22.9 Å². The van der Waals surface area contributed by atoms with Crippen molar-refractivity contribution in [2.24, 2.45) is 23.7 Å². The fourth-order valence-corrected chi connectivity index (χ4v) is 5.39. The Hall–Kier alpha value is -3.18. The Balaban J connectivity index is 1.54. The highest BCUT2D eigenvalue weighted by atomic mass is 35.5. The molecule has 2 aliphatic carbocycles. The number of halogens is 1. The molecule has 1 aliphatic heterocycles. The minimum absolute atomic E-state index is 0.0657. The Morgan fingerprint density at radius 1 is 0.967 bits per heavy atom. The van der Waals surface area contributed by atoms with Crippen LogP contribution in [0.15, 0.2) is 66.3 Å². The molecule has 2 aromatic carbocycles. The molecule has 5 rings (SSSR count). The van der Waals surface area contributed by atoms with Gasteiger partial charge in [-0.1, -0.05) is 59.7 Å². The van der Waals surface area contributed by atoms with E-state index in [4.69, 9.17) is 11.6 Å². The third kappa shape index (κ3) is 2.52. The van der Waals surface area contributed by atoms with Gasteiger partial charge in [-0.25, -0.2) is 9.69 Å². The Labute approximate surface area is 178 Å². The second-order valence-corrected chi connectivity index (χ2v) is 8.32. The van der Waals surface area contributed by atoms with Crippen LogP contribution >= 0.6 is 11.6 Å². The molecular formula is C24H18ClNO4. The van der Waals surface area contributed by atoms with Gasteiger partial charge in [0.25, 0.3) is 0 Å². The maximum absolute atomic E-state index is 13.3. The molecule has 2 aromatic rings. The summed E-state index contributed by atoms with van der Waals surface area (Å²) in [5.74, 6) is -2.90. The zero-order chi connectivity index (χ0) is 21.2. The average Bonchev–Trinajstić information content (AvgIpc) is 3.38. The summed E-state index contributed by atoms with van der Waals surface area (Å²) in [7, 11) is 0. The number of imide groups is 1. The van der Waals surface area contributed by atoms with Gasteiger partial charge < -0.3 is 5.11 Å². The van der Waals surface area contributed by atoms with Crippen molar-refractivity contribution in [3.05, 3.63) is 82.4 Å². The van der Waals surface area contributed by atoms with Crippen LogP contribution in [0.4, 0.5) is 5.69 Å². The highest BCUT2D eigenvalue weighted by Gasteiger charge is 2.62. The second-order valence-electron chi connectivity index (χ2n) is 7.92. The van der Waals surface area contributed by atoms with Crippen LogP contribution in [0, 0.1) is 23.7 Å². The normalized spacial score (nSPS) is 26.5. The van der Waals surface area contributed by atoms with E-state index in [2.05, 4.69) is 0 Å². The maximum Gasteiger partial charge on any atom is 0.337 e. The Morgan fingerprint density at radius 3 is 2.13 bits per heavy atom. The number of hydrogen-bond donors (Lipinski definition) is 1. The number of amides is 2. The van der Waals surface area contributed by atoms with Gasteiger partial charge >= 0.3 is 5.97 Å². The number of anilines is 1. The Bertz CT molecular complexity index is 1130. The lowest BCUT2D eigenvalue weighted by Crippen LogP contribution is -2.33. The number of aromatic carboxylic acids is 1. The van der Waals surface area contributed by atoms with Crippen molar-refractivity contribution in [1.82, 2.24) is 0 Å². The van der Waals surface area contributed by atoms with Crippen molar-refractivity contribution < 1.29 is 19.5 Å². The largest absolute Gasteiger partial charge is 0.478 e. The van der Waals surface area contributed by atoms with Gasteiger partial charge in [-0.3, -0.25) is 9.59 Å². The molecule has 2 bridgehead atoms. The molecule has 150 valence electrons. The number of carbonyl (C=O) groups excluding carboxylic acids is 2. The summed E-state index contributed by atoms with van der Waals surface area (Å²) in [5, 5.41) is 9.40. The van der Waals surface area contributed by atoms with Gasteiger partial charge in [-0.05, 0) is 36.3 Å². The number of rotatable bonds is 3. The molecule has 1 N–H and O–H groups in total. The van der Waals surface area contributed by atoms with Crippen molar-refractivity contribution in [3.63, 3.8) is 0 Å². The van der Waals surface area contributed by atoms with Crippen LogP contribution in [0.1, 0.15) is 22.8 Å². The third-order valence-corrected chi connectivity index (χ3v) is 6.82. The quantitative estimate of drug-likeness (QED) is 0.589. The molecule has 0 aromatic heterocycles. The summed E-state index contributed by atoms with van der Waals surface area (Å²) in [6.07, 6.45) is 4.07. The molecule has 4 atom stereocenters. The predicted octanol–water partition coefficient (Wildman–Crippen LogP) is 4.43. The molecule has 1 heterocycles. The highest BCUT2D eigenvalue weighted by molar-refractivity contribution is 6.34. The molecule has 1 saturated carbocycles. The van der Waals surface area contributed by atoms with Gasteiger partial charge in [0.1, 0.15) is 0 Å². The number of allylic oxidation sites excluding steroid dienone is 4. The van der Waals surface area contributed by atoms with Crippen LogP contribution in [0.5, 0.6) is 0 Å². The summed E-state index contributed by atoms with van der Waals surface area (Å²) in [6.45, 7) is 2.05. The van der Waals surface area contributed by atoms with Gasteiger partial charge in [0.05, 0.1) is 28.1 Å². The Morgan fingerprint density at radius 2 is 1.57 bits per heavy atom. The number of carboxylic acids is 1. The average molecular weight is 420 g/mol. The van der Waals surface area contributed by atoms with E-state index in [1.165, 1.54) is 18.2 Å². The fraction of sp³-hybridized carbons (Fsp3) is 0.208. The molecule has 2 amide bonds. The zero-order valence-corrected chi connectivity index (χ0v) is 16.8. The minimum atomic E-state index is -1.20. The summed E-state index contributed by atoms with van der Waals surface area (Å²) in [6, 6.07) is 14.2. The molecule has 2 fully saturated rings.